The molecule has 6 heteroatoms. The molecule has 0 aromatic heterocycles. The molecule has 0 radical (unpaired) electrons. The molecule has 44 valence electrons. The van der Waals surface area contributed by atoms with Crippen molar-refractivity contribution in [3.63, 3.8) is 0 Å². The zero-order chi connectivity index (χ0) is 6.12. The van der Waals surface area contributed by atoms with E-state index in [4.69, 9.17) is 20.6 Å². The Morgan fingerprint density at radius 2 is 1.50 bits per heavy atom. The van der Waals surface area contributed by atoms with Crippen molar-refractivity contribution in [2.24, 2.45) is 0 Å². The molecule has 0 heterocycles. The summed E-state index contributed by atoms with van der Waals surface area (Å²) in [5.41, 5.74) is 0. The Kier molecular flexibility index (Phi) is 88.2. The van der Waals surface area contributed by atoms with Gasteiger partial charge in [0, 0.05) is 5.34 Å². The summed E-state index contributed by atoms with van der Waals surface area (Å²) < 4.78 is 0. The lowest BCUT2D eigenvalue weighted by Crippen LogP contribution is -3.00. The van der Waals surface area contributed by atoms with E-state index in [-0.39, 0.29) is 17.7 Å². The summed E-state index contributed by atoms with van der Waals surface area (Å²) in [6.45, 7) is 0. The van der Waals surface area contributed by atoms with E-state index in [0.717, 1.165) is 0 Å². The fraction of sp³-hybridized carbons (Fsp3) is 0. The van der Waals surface area contributed by atoms with Gasteiger partial charge in [0.25, 0.3) is 0 Å². The van der Waals surface area contributed by atoms with Crippen LogP contribution in [0.25, 0.3) is 0 Å². The molecule has 0 bridgehead atoms. The van der Waals surface area contributed by atoms with Crippen LogP contribution >= 0.6 is 0 Å². The maximum atomic E-state index is 8.12. The van der Waals surface area contributed by atoms with Gasteiger partial charge >= 0.3 is 0 Å². The summed E-state index contributed by atoms with van der Waals surface area (Å²) in [5, 5.41) is 22.9. The molecule has 0 aliphatic rings. The molecule has 0 spiro atoms. The Labute approximate surface area is 51.5 Å². The van der Waals surface area contributed by atoms with Gasteiger partial charge in [-0.2, -0.15) is 10.5 Å². The van der Waals surface area contributed by atoms with Gasteiger partial charge in [0.05, 0.1) is 0 Å². The molecule has 0 saturated heterocycles. The Morgan fingerprint density at radius 1 is 1.38 bits per heavy atom. The fourth-order valence-electron chi connectivity index (χ4n) is 0. The third kappa shape index (κ3) is 578. The summed E-state index contributed by atoms with van der Waals surface area (Å²) in [4.78, 5) is 8.12. The summed E-state index contributed by atoms with van der Waals surface area (Å²) in [7, 11) is 0. The highest BCUT2D eigenvalue weighted by Crippen LogP contribution is 1.27. The van der Waals surface area contributed by atoms with Crippen molar-refractivity contribution in [1.82, 2.24) is 0 Å². The number of halogens is 1. The van der Waals surface area contributed by atoms with E-state index in [9.17, 15) is 0 Å². The topological polar surface area (TPSA) is 102 Å². The summed E-state index contributed by atoms with van der Waals surface area (Å²) >= 11 is 0. The second kappa shape index (κ2) is 44.3. The van der Waals surface area contributed by atoms with Gasteiger partial charge < -0.3 is 12.4 Å². The molecule has 8 heavy (non-hydrogen) atoms. The van der Waals surface area contributed by atoms with Gasteiger partial charge in [0.2, 0.25) is 0 Å². The van der Waals surface area contributed by atoms with Gasteiger partial charge in [-0.25, -0.2) is 0 Å². The van der Waals surface area contributed by atoms with Gasteiger partial charge in [-0.3, -0.25) is 10.1 Å². The maximum absolute atomic E-state index is 8.12. The number of nitrogens with one attached hydrogen (secondary N) is 1. The molecule has 0 amide bonds. The molecule has 0 saturated carbocycles. The van der Waals surface area contributed by atoms with Crippen LogP contribution in [0, 0.1) is 32.8 Å². The number of rotatable bonds is 0. The van der Waals surface area contributed by atoms with Crippen molar-refractivity contribution in [2.45, 2.75) is 0 Å². The zero-order valence-corrected chi connectivity index (χ0v) is 4.34. The molecule has 0 aliphatic heterocycles. The number of hydrogen-bond acceptors (Lipinski definition) is 4. The van der Waals surface area contributed by atoms with Crippen molar-refractivity contribution in [1.29, 1.82) is 10.5 Å². The van der Waals surface area contributed by atoms with Crippen molar-refractivity contribution in [2.75, 3.05) is 0 Å². The molecule has 0 fully saturated rings. The predicted octanol–water partition coefficient (Wildman–Crippen LogP) is -4.63. The quantitative estimate of drug-likeness (QED) is 0.266. The molecule has 5 nitrogen and oxygen atoms in total. The maximum Gasteiger partial charge on any atom is 0.181 e. The first kappa shape index (κ1) is 15.9. The molecule has 0 atom stereocenters. The van der Waals surface area contributed by atoms with E-state index in [0.29, 0.717) is 0 Å². The fourth-order valence-corrected chi connectivity index (χ4v) is 0. The summed E-state index contributed by atoms with van der Waals surface area (Å²) in [6, 6.07) is 2.47. The molecular weight excluding hydrogens is 133 g/mol. The molecule has 0 aromatic rings. The highest BCUT2D eigenvalue weighted by molar-refractivity contribution is 4.99. The minimum Gasteiger partial charge on any atom is -1.00 e. The van der Waals surface area contributed by atoms with Crippen LogP contribution in [0.1, 0.15) is 0 Å². The minimum atomic E-state index is 0. The summed E-state index contributed by atoms with van der Waals surface area (Å²) in [6.07, 6.45) is 0. The normalized spacial score (nSPS) is 2.75. The van der Waals surface area contributed by atoms with Crippen LogP contribution in [0.15, 0.2) is 0 Å². The Hall–Kier alpha value is -1.33. The van der Waals surface area contributed by atoms with Gasteiger partial charge in [-0.15, -0.1) is 0 Å². The van der Waals surface area contributed by atoms with Crippen molar-refractivity contribution in [3.8, 4) is 12.1 Å². The number of nitrogens with zero attached hydrogens (tertiary/aromatic N) is 2. The second-order valence-electron chi connectivity index (χ2n) is 0.307. The third-order valence-electron chi connectivity index (χ3n) is 0.0500. The predicted molar refractivity (Wildman–Crippen MR) is 18.9 cm³/mol. The first-order valence-corrected chi connectivity index (χ1v) is 1.11. The Morgan fingerprint density at radius 3 is 1.50 bits per heavy atom. The number of nitriles is 2. The lowest BCUT2D eigenvalue weighted by molar-refractivity contribution is -0.398. The minimum absolute atomic E-state index is 0. The van der Waals surface area contributed by atoms with Crippen LogP contribution in [0.3, 0.4) is 0 Å². The largest absolute Gasteiger partial charge is 1.00 e. The van der Waals surface area contributed by atoms with Crippen LogP contribution in [0.5, 0.6) is 0 Å². The lowest BCUT2D eigenvalue weighted by Gasteiger charge is -1.36. The molecule has 1 N–H and O–H groups in total. The first-order chi connectivity index (χ1) is 3.33. The van der Waals surface area contributed by atoms with E-state index >= 15 is 0 Å². The van der Waals surface area contributed by atoms with Gasteiger partial charge in [-0.1, -0.05) is 0 Å². The molecule has 0 aliphatic carbocycles. The molecule has 0 aromatic carbocycles. The molecule has 0 rings (SSSR count). The average molecular weight is 135 g/mol. The van der Waals surface area contributed by atoms with Crippen molar-refractivity contribution < 1.29 is 17.7 Å². The van der Waals surface area contributed by atoms with E-state index in [1.54, 1.807) is 0 Å². The first-order valence-electron chi connectivity index (χ1n) is 1.11. The monoisotopic (exact) mass is 134 g/mol. The van der Waals surface area contributed by atoms with Gasteiger partial charge in [0.1, 0.15) is 0 Å². The van der Waals surface area contributed by atoms with Crippen LogP contribution in [-0.4, -0.2) is 0 Å². The number of hydrogen-bond donors (Lipinski definition) is 1. The van der Waals surface area contributed by atoms with Crippen LogP contribution in [-0.2, 0) is 0 Å². The SMILES string of the molecule is N#CC#N.O=[NH+][O-].[Cl-]. The smallest absolute Gasteiger partial charge is 0.181 e. The van der Waals surface area contributed by atoms with E-state index in [2.05, 4.69) is 0 Å². The van der Waals surface area contributed by atoms with Gasteiger partial charge in [0.15, 0.2) is 12.1 Å². The second-order valence-corrected chi connectivity index (χ2v) is 0.307. The van der Waals surface area contributed by atoms with Crippen LogP contribution < -0.4 is 17.7 Å². The zero-order valence-electron chi connectivity index (χ0n) is 3.59. The Bertz CT molecular complexity index is 99.4. The highest BCUT2D eigenvalue weighted by atomic mass is 35.5. The van der Waals surface area contributed by atoms with E-state index in [1.807, 2.05) is 0 Å². The highest BCUT2D eigenvalue weighted by Gasteiger charge is 1.39. The molecule has 0 unspecified atom stereocenters. The van der Waals surface area contributed by atoms with E-state index in [1.165, 1.54) is 12.1 Å². The van der Waals surface area contributed by atoms with Crippen LogP contribution in [0.2, 0.25) is 0 Å². The Balaban J connectivity index is -0.0000000575. The standard InChI is InChI=1S/C2N2.ClH.HNO2/c3-1-2-4;;2-1-3/h;1H;1H/p-1. The average Bonchev–Trinajstić information content (AvgIpc) is 1.69. The van der Waals surface area contributed by atoms with Crippen LogP contribution in [0.4, 0.5) is 0 Å². The van der Waals surface area contributed by atoms with Crippen molar-refractivity contribution in [3.05, 3.63) is 10.1 Å². The van der Waals surface area contributed by atoms with E-state index < -0.39 is 0 Å². The summed E-state index contributed by atoms with van der Waals surface area (Å²) in [5.74, 6) is 0. The molecular formula is C2HClN3O2-. The third-order valence-corrected chi connectivity index (χ3v) is 0.0500. The van der Waals surface area contributed by atoms with Crippen molar-refractivity contribution >= 4 is 0 Å². The van der Waals surface area contributed by atoms with Gasteiger partial charge in [-0.05, 0) is 0 Å². The lowest BCUT2D eigenvalue weighted by atomic mass is 10.9.